The lowest BCUT2D eigenvalue weighted by atomic mass is 10.1. The molecule has 0 N–H and O–H groups in total. The van der Waals surface area contributed by atoms with E-state index in [9.17, 15) is 22.4 Å². The predicted molar refractivity (Wildman–Crippen MR) is 43.2 cm³/mol. The van der Waals surface area contributed by atoms with Crippen molar-refractivity contribution < 1.29 is 22.4 Å². The van der Waals surface area contributed by atoms with Gasteiger partial charge in [0.15, 0.2) is 0 Å². The average molecular weight is 219 g/mol. The molecule has 0 amide bonds. The molecule has 0 radical (unpaired) electrons. The number of carbonyl (C=O) groups excluding carboxylic acids is 1. The monoisotopic (exact) mass is 219 g/mol. The SMILES string of the molecule is O=C=NCc1ccc(F)c(C(F)(F)F)c1. The van der Waals surface area contributed by atoms with Crippen LogP contribution in [0.3, 0.4) is 0 Å². The Morgan fingerprint density at radius 2 is 2.00 bits per heavy atom. The molecule has 0 bridgehead atoms. The molecular weight excluding hydrogens is 214 g/mol. The van der Waals surface area contributed by atoms with Crippen LogP contribution in [0.4, 0.5) is 17.6 Å². The zero-order valence-corrected chi connectivity index (χ0v) is 7.31. The highest BCUT2D eigenvalue weighted by atomic mass is 19.4. The van der Waals surface area contributed by atoms with Crippen LogP contribution in [0.15, 0.2) is 23.2 Å². The van der Waals surface area contributed by atoms with Crippen molar-refractivity contribution >= 4 is 6.08 Å². The van der Waals surface area contributed by atoms with E-state index in [0.717, 1.165) is 6.07 Å². The quantitative estimate of drug-likeness (QED) is 0.427. The maximum atomic E-state index is 12.8. The molecule has 2 nitrogen and oxygen atoms in total. The van der Waals surface area contributed by atoms with Gasteiger partial charge in [-0.2, -0.15) is 13.2 Å². The molecule has 6 heteroatoms. The van der Waals surface area contributed by atoms with E-state index in [2.05, 4.69) is 4.99 Å². The zero-order chi connectivity index (χ0) is 11.5. The molecule has 0 aliphatic carbocycles. The molecule has 0 aliphatic heterocycles. The van der Waals surface area contributed by atoms with Crippen molar-refractivity contribution in [1.29, 1.82) is 0 Å². The van der Waals surface area contributed by atoms with Crippen LogP contribution < -0.4 is 0 Å². The smallest absolute Gasteiger partial charge is 0.211 e. The van der Waals surface area contributed by atoms with Gasteiger partial charge in [0.25, 0.3) is 0 Å². The van der Waals surface area contributed by atoms with Crippen LogP contribution in [0, 0.1) is 5.82 Å². The Labute approximate surface area is 82.2 Å². The predicted octanol–water partition coefficient (Wildman–Crippen LogP) is 2.68. The van der Waals surface area contributed by atoms with Gasteiger partial charge < -0.3 is 0 Å². The van der Waals surface area contributed by atoms with E-state index in [1.165, 1.54) is 6.08 Å². The fourth-order valence-electron chi connectivity index (χ4n) is 1.01. The third-order valence-corrected chi connectivity index (χ3v) is 1.66. The van der Waals surface area contributed by atoms with Gasteiger partial charge in [-0.25, -0.2) is 14.2 Å². The summed E-state index contributed by atoms with van der Waals surface area (Å²) in [6.45, 7) is -0.243. The molecule has 80 valence electrons. The van der Waals surface area contributed by atoms with Crippen LogP contribution in [0.25, 0.3) is 0 Å². The van der Waals surface area contributed by atoms with E-state index < -0.39 is 17.6 Å². The Morgan fingerprint density at radius 1 is 1.33 bits per heavy atom. The second-order valence-corrected chi connectivity index (χ2v) is 2.72. The van der Waals surface area contributed by atoms with E-state index in [1.54, 1.807) is 0 Å². The molecule has 0 unspecified atom stereocenters. The van der Waals surface area contributed by atoms with Gasteiger partial charge in [-0.1, -0.05) is 6.07 Å². The molecule has 1 aromatic rings. The Hall–Kier alpha value is -1.68. The molecule has 1 rings (SSSR count). The molecule has 0 aromatic heterocycles. The molecule has 0 heterocycles. The van der Waals surface area contributed by atoms with Gasteiger partial charge in [-0.05, 0) is 17.7 Å². The van der Waals surface area contributed by atoms with E-state index in [-0.39, 0.29) is 12.1 Å². The second kappa shape index (κ2) is 4.23. The first-order chi connectivity index (χ1) is 6.95. The van der Waals surface area contributed by atoms with Crippen molar-refractivity contribution in [3.8, 4) is 0 Å². The number of rotatable bonds is 2. The fourth-order valence-corrected chi connectivity index (χ4v) is 1.01. The number of hydrogen-bond donors (Lipinski definition) is 0. The Kier molecular flexibility index (Phi) is 3.21. The van der Waals surface area contributed by atoms with Crippen molar-refractivity contribution in [3.63, 3.8) is 0 Å². The van der Waals surface area contributed by atoms with Crippen LogP contribution in [-0.4, -0.2) is 6.08 Å². The fraction of sp³-hybridized carbons (Fsp3) is 0.222. The second-order valence-electron chi connectivity index (χ2n) is 2.72. The molecule has 0 atom stereocenters. The van der Waals surface area contributed by atoms with Crippen molar-refractivity contribution in [2.24, 2.45) is 4.99 Å². The molecule has 15 heavy (non-hydrogen) atoms. The topological polar surface area (TPSA) is 29.4 Å². The maximum absolute atomic E-state index is 12.8. The summed E-state index contributed by atoms with van der Waals surface area (Å²) in [5, 5.41) is 0. The first kappa shape index (κ1) is 11.4. The summed E-state index contributed by atoms with van der Waals surface area (Å²) in [6, 6.07) is 2.44. The summed E-state index contributed by atoms with van der Waals surface area (Å²) in [5.41, 5.74) is -1.26. The zero-order valence-electron chi connectivity index (χ0n) is 7.31. The minimum atomic E-state index is -4.75. The van der Waals surface area contributed by atoms with Crippen molar-refractivity contribution in [2.45, 2.75) is 12.7 Å². The number of halogens is 4. The molecule has 0 saturated heterocycles. The van der Waals surface area contributed by atoms with Crippen LogP contribution in [0.1, 0.15) is 11.1 Å². The van der Waals surface area contributed by atoms with Crippen LogP contribution in [-0.2, 0) is 17.5 Å². The molecule has 1 aromatic carbocycles. The van der Waals surface area contributed by atoms with E-state index in [0.29, 0.717) is 12.1 Å². The standard InChI is InChI=1S/C9H5F4NO/c10-8-2-1-6(4-14-5-15)3-7(8)9(11,12)13/h1-3H,4H2. The van der Waals surface area contributed by atoms with Gasteiger partial charge in [0.2, 0.25) is 6.08 Å². The molecule has 0 saturated carbocycles. The van der Waals surface area contributed by atoms with Gasteiger partial charge in [0.05, 0.1) is 12.1 Å². The van der Waals surface area contributed by atoms with Crippen LogP contribution >= 0.6 is 0 Å². The number of nitrogens with zero attached hydrogens (tertiary/aromatic N) is 1. The lowest BCUT2D eigenvalue weighted by Crippen LogP contribution is -2.08. The van der Waals surface area contributed by atoms with Crippen molar-refractivity contribution in [1.82, 2.24) is 0 Å². The maximum Gasteiger partial charge on any atom is 0.419 e. The van der Waals surface area contributed by atoms with Gasteiger partial charge in [0, 0.05) is 0 Å². The number of hydrogen-bond acceptors (Lipinski definition) is 2. The Morgan fingerprint density at radius 3 is 2.53 bits per heavy atom. The van der Waals surface area contributed by atoms with Gasteiger partial charge >= 0.3 is 6.18 Å². The highest BCUT2D eigenvalue weighted by molar-refractivity contribution is 5.34. The number of benzene rings is 1. The Balaban J connectivity index is 3.11. The van der Waals surface area contributed by atoms with E-state index in [1.807, 2.05) is 0 Å². The minimum Gasteiger partial charge on any atom is -0.211 e. The van der Waals surface area contributed by atoms with Crippen molar-refractivity contribution in [3.05, 3.63) is 35.1 Å². The van der Waals surface area contributed by atoms with E-state index >= 15 is 0 Å². The summed E-state index contributed by atoms with van der Waals surface area (Å²) < 4.78 is 49.4. The average Bonchev–Trinajstić information content (AvgIpc) is 2.15. The number of aliphatic imine (C=N–C) groups is 1. The van der Waals surface area contributed by atoms with Crippen molar-refractivity contribution in [2.75, 3.05) is 0 Å². The molecule has 0 aliphatic rings. The third-order valence-electron chi connectivity index (χ3n) is 1.66. The van der Waals surface area contributed by atoms with Gasteiger partial charge in [-0.3, -0.25) is 0 Å². The molecule has 0 spiro atoms. The summed E-state index contributed by atoms with van der Waals surface area (Å²) >= 11 is 0. The summed E-state index contributed by atoms with van der Waals surface area (Å²) in [6.07, 6.45) is -3.56. The van der Waals surface area contributed by atoms with Crippen LogP contribution in [0.2, 0.25) is 0 Å². The van der Waals surface area contributed by atoms with Crippen LogP contribution in [0.5, 0.6) is 0 Å². The summed E-state index contributed by atoms with van der Waals surface area (Å²) in [4.78, 5) is 12.8. The first-order valence-electron chi connectivity index (χ1n) is 3.84. The summed E-state index contributed by atoms with van der Waals surface area (Å²) in [5.74, 6) is -1.35. The first-order valence-corrected chi connectivity index (χ1v) is 3.84. The summed E-state index contributed by atoms with van der Waals surface area (Å²) in [7, 11) is 0. The van der Waals surface area contributed by atoms with Gasteiger partial charge in [0.1, 0.15) is 5.82 Å². The minimum absolute atomic E-state index is 0.104. The van der Waals surface area contributed by atoms with Gasteiger partial charge in [-0.15, -0.1) is 0 Å². The number of alkyl halides is 3. The number of isocyanates is 1. The highest BCUT2D eigenvalue weighted by Crippen LogP contribution is 2.31. The largest absolute Gasteiger partial charge is 0.419 e. The lowest BCUT2D eigenvalue weighted by Gasteiger charge is -2.08. The highest BCUT2D eigenvalue weighted by Gasteiger charge is 2.34. The normalized spacial score (nSPS) is 10.9. The molecule has 0 fully saturated rings. The Bertz CT molecular complexity index is 407. The third kappa shape index (κ3) is 2.89. The molecular formula is C9H5F4NO. The van der Waals surface area contributed by atoms with E-state index in [4.69, 9.17) is 0 Å². The lowest BCUT2D eigenvalue weighted by molar-refractivity contribution is -0.140.